The van der Waals surface area contributed by atoms with Crippen molar-refractivity contribution in [3.05, 3.63) is 63.2 Å². The fraction of sp³-hybridized carbons (Fsp3) is 0.316. The Hall–Kier alpha value is -3.09. The van der Waals surface area contributed by atoms with Crippen LogP contribution in [0.25, 0.3) is 0 Å². The summed E-state index contributed by atoms with van der Waals surface area (Å²) in [7, 11) is 0. The Balaban J connectivity index is 1.76. The van der Waals surface area contributed by atoms with E-state index in [0.29, 0.717) is 17.9 Å². The van der Waals surface area contributed by atoms with Crippen LogP contribution in [0.1, 0.15) is 35.3 Å². The number of nitro groups is 1. The van der Waals surface area contributed by atoms with E-state index >= 15 is 0 Å². The molecule has 0 N–H and O–H groups in total. The SMILES string of the molecule is CCOc1cc2c(cc1COC(=O)c1cccc([N+](=O)[O-])c1)OC(C)C2. The van der Waals surface area contributed by atoms with Crippen molar-refractivity contribution in [3.8, 4) is 11.5 Å². The van der Waals surface area contributed by atoms with E-state index in [1.165, 1.54) is 24.3 Å². The number of rotatable bonds is 6. The molecule has 2 aromatic carbocycles. The Morgan fingerprint density at radius 2 is 2.15 bits per heavy atom. The number of ether oxygens (including phenoxy) is 3. The number of nitrogens with zero attached hydrogens (tertiary/aromatic N) is 1. The van der Waals surface area contributed by atoms with Gasteiger partial charge in [-0.15, -0.1) is 0 Å². The number of hydrogen-bond donors (Lipinski definition) is 0. The highest BCUT2D eigenvalue weighted by Crippen LogP contribution is 2.35. The lowest BCUT2D eigenvalue weighted by Crippen LogP contribution is -2.07. The van der Waals surface area contributed by atoms with E-state index in [2.05, 4.69) is 0 Å². The molecule has 1 aliphatic heterocycles. The van der Waals surface area contributed by atoms with Gasteiger partial charge < -0.3 is 14.2 Å². The number of non-ortho nitro benzene ring substituents is 1. The standard InChI is InChI=1S/C19H19NO6/c1-3-24-17-9-14-7-12(2)26-18(14)10-15(17)11-25-19(21)13-5-4-6-16(8-13)20(22)23/h4-6,8-10,12H,3,7,11H2,1-2H3. The lowest BCUT2D eigenvalue weighted by Gasteiger charge is -2.13. The molecule has 1 atom stereocenters. The molecule has 0 aliphatic carbocycles. The average Bonchev–Trinajstić information content (AvgIpc) is 2.98. The van der Waals surface area contributed by atoms with Gasteiger partial charge in [-0.2, -0.15) is 0 Å². The molecule has 0 bridgehead atoms. The van der Waals surface area contributed by atoms with Gasteiger partial charge in [0.2, 0.25) is 0 Å². The molecule has 0 fully saturated rings. The first-order valence-corrected chi connectivity index (χ1v) is 8.34. The Labute approximate surface area is 150 Å². The summed E-state index contributed by atoms with van der Waals surface area (Å²) in [5, 5.41) is 10.8. The summed E-state index contributed by atoms with van der Waals surface area (Å²) in [6.45, 7) is 4.34. The monoisotopic (exact) mass is 357 g/mol. The molecule has 0 amide bonds. The van der Waals surface area contributed by atoms with Gasteiger partial charge in [0.1, 0.15) is 24.2 Å². The summed E-state index contributed by atoms with van der Waals surface area (Å²) in [4.78, 5) is 22.5. The van der Waals surface area contributed by atoms with Crippen LogP contribution in [0.2, 0.25) is 0 Å². The normalized spacial score (nSPS) is 15.1. The summed E-state index contributed by atoms with van der Waals surface area (Å²) in [5.41, 5.74) is 1.73. The lowest BCUT2D eigenvalue weighted by molar-refractivity contribution is -0.384. The summed E-state index contributed by atoms with van der Waals surface area (Å²) >= 11 is 0. The Morgan fingerprint density at radius 3 is 2.88 bits per heavy atom. The summed E-state index contributed by atoms with van der Waals surface area (Å²) in [6, 6.07) is 9.18. The maximum Gasteiger partial charge on any atom is 0.338 e. The van der Waals surface area contributed by atoms with Crippen molar-refractivity contribution in [1.82, 2.24) is 0 Å². The number of carbonyl (C=O) groups excluding carboxylic acids is 1. The van der Waals surface area contributed by atoms with E-state index in [1.807, 2.05) is 26.0 Å². The molecule has 7 nitrogen and oxygen atoms in total. The first kappa shape index (κ1) is 17.7. The van der Waals surface area contributed by atoms with Crippen molar-refractivity contribution < 1.29 is 23.9 Å². The third-order valence-corrected chi connectivity index (χ3v) is 4.03. The molecule has 0 saturated carbocycles. The van der Waals surface area contributed by atoms with Crippen LogP contribution >= 0.6 is 0 Å². The van der Waals surface area contributed by atoms with Gasteiger partial charge in [-0.3, -0.25) is 10.1 Å². The molecule has 1 heterocycles. The number of hydrogen-bond acceptors (Lipinski definition) is 6. The van der Waals surface area contributed by atoms with Gasteiger partial charge in [-0.05, 0) is 32.0 Å². The smallest absolute Gasteiger partial charge is 0.338 e. The molecule has 2 aromatic rings. The second kappa shape index (κ2) is 7.43. The fourth-order valence-corrected chi connectivity index (χ4v) is 2.86. The topological polar surface area (TPSA) is 87.9 Å². The van der Waals surface area contributed by atoms with Gasteiger partial charge in [-0.1, -0.05) is 6.07 Å². The molecular formula is C19H19NO6. The third kappa shape index (κ3) is 3.77. The highest BCUT2D eigenvalue weighted by atomic mass is 16.6. The first-order valence-electron chi connectivity index (χ1n) is 8.34. The van der Waals surface area contributed by atoms with Crippen LogP contribution in [-0.2, 0) is 17.8 Å². The van der Waals surface area contributed by atoms with Gasteiger partial charge in [0, 0.05) is 29.7 Å². The quantitative estimate of drug-likeness (QED) is 0.445. The minimum absolute atomic E-state index is 0.0120. The van der Waals surface area contributed by atoms with Crippen molar-refractivity contribution in [3.63, 3.8) is 0 Å². The highest BCUT2D eigenvalue weighted by molar-refractivity contribution is 5.90. The van der Waals surface area contributed by atoms with Crippen molar-refractivity contribution in [1.29, 1.82) is 0 Å². The largest absolute Gasteiger partial charge is 0.493 e. The van der Waals surface area contributed by atoms with Crippen molar-refractivity contribution in [2.24, 2.45) is 0 Å². The van der Waals surface area contributed by atoms with Gasteiger partial charge >= 0.3 is 5.97 Å². The van der Waals surface area contributed by atoms with E-state index in [0.717, 1.165) is 17.7 Å². The van der Waals surface area contributed by atoms with Crippen molar-refractivity contribution in [2.45, 2.75) is 33.0 Å². The van der Waals surface area contributed by atoms with E-state index in [9.17, 15) is 14.9 Å². The number of nitro benzene ring substituents is 1. The molecule has 7 heteroatoms. The molecule has 0 radical (unpaired) electrons. The second-order valence-corrected chi connectivity index (χ2v) is 6.02. The molecule has 1 aliphatic rings. The van der Waals surface area contributed by atoms with Gasteiger partial charge in [0.05, 0.1) is 17.1 Å². The summed E-state index contributed by atoms with van der Waals surface area (Å²) in [5.74, 6) is 0.782. The Morgan fingerprint density at radius 1 is 1.35 bits per heavy atom. The number of fused-ring (bicyclic) bond motifs is 1. The molecule has 0 aromatic heterocycles. The van der Waals surface area contributed by atoms with E-state index in [-0.39, 0.29) is 24.0 Å². The highest BCUT2D eigenvalue weighted by Gasteiger charge is 2.22. The maximum atomic E-state index is 12.2. The number of esters is 1. The molecule has 3 rings (SSSR count). The maximum absolute atomic E-state index is 12.2. The first-order chi connectivity index (χ1) is 12.5. The molecule has 26 heavy (non-hydrogen) atoms. The minimum Gasteiger partial charge on any atom is -0.493 e. The van der Waals surface area contributed by atoms with Gasteiger partial charge in [0.15, 0.2) is 0 Å². The van der Waals surface area contributed by atoms with E-state index < -0.39 is 10.9 Å². The Bertz CT molecular complexity index is 848. The van der Waals surface area contributed by atoms with Crippen LogP contribution in [-0.4, -0.2) is 23.6 Å². The average molecular weight is 357 g/mol. The zero-order valence-corrected chi connectivity index (χ0v) is 14.6. The van der Waals surface area contributed by atoms with Crippen molar-refractivity contribution in [2.75, 3.05) is 6.61 Å². The van der Waals surface area contributed by atoms with Crippen LogP contribution < -0.4 is 9.47 Å². The van der Waals surface area contributed by atoms with Crippen LogP contribution in [0.15, 0.2) is 36.4 Å². The lowest BCUT2D eigenvalue weighted by atomic mass is 10.1. The Kier molecular flexibility index (Phi) is 5.06. The van der Waals surface area contributed by atoms with Crippen LogP contribution in [0.3, 0.4) is 0 Å². The molecular weight excluding hydrogens is 338 g/mol. The van der Waals surface area contributed by atoms with E-state index in [1.54, 1.807) is 0 Å². The number of benzene rings is 2. The predicted octanol–water partition coefficient (Wildman–Crippen LogP) is 3.67. The molecule has 136 valence electrons. The fourth-order valence-electron chi connectivity index (χ4n) is 2.86. The van der Waals surface area contributed by atoms with Gasteiger partial charge in [0.25, 0.3) is 5.69 Å². The minimum atomic E-state index is -0.633. The van der Waals surface area contributed by atoms with Crippen LogP contribution in [0.4, 0.5) is 5.69 Å². The molecule has 0 spiro atoms. The predicted molar refractivity (Wildman–Crippen MR) is 93.6 cm³/mol. The van der Waals surface area contributed by atoms with Crippen molar-refractivity contribution >= 4 is 11.7 Å². The number of carbonyl (C=O) groups is 1. The molecule has 0 saturated heterocycles. The third-order valence-electron chi connectivity index (χ3n) is 4.03. The zero-order chi connectivity index (χ0) is 18.7. The van der Waals surface area contributed by atoms with Crippen LogP contribution in [0.5, 0.6) is 11.5 Å². The van der Waals surface area contributed by atoms with E-state index in [4.69, 9.17) is 14.2 Å². The van der Waals surface area contributed by atoms with Gasteiger partial charge in [-0.25, -0.2) is 4.79 Å². The zero-order valence-electron chi connectivity index (χ0n) is 14.6. The molecule has 1 unspecified atom stereocenters. The second-order valence-electron chi connectivity index (χ2n) is 6.02. The summed E-state index contributed by atoms with van der Waals surface area (Å²) in [6.07, 6.45) is 0.908. The van der Waals surface area contributed by atoms with Crippen LogP contribution in [0, 0.1) is 10.1 Å². The summed E-state index contributed by atoms with van der Waals surface area (Å²) < 4.78 is 16.7.